The molecule has 128 valence electrons. The lowest BCUT2D eigenvalue weighted by molar-refractivity contribution is 0.599. The third-order valence-electron chi connectivity index (χ3n) is 3.66. The van der Waals surface area contributed by atoms with Crippen LogP contribution in [0.4, 0.5) is 5.82 Å². The molecule has 2 rings (SSSR count). The van der Waals surface area contributed by atoms with Crippen LogP contribution in [0.1, 0.15) is 19.3 Å². The molecule has 1 atom stereocenters. The summed E-state index contributed by atoms with van der Waals surface area (Å²) in [4.78, 5) is 8.34. The Morgan fingerprint density at radius 2 is 2.17 bits per heavy atom. The number of sulfone groups is 1. The molecule has 8 heteroatoms. The number of rotatable bonds is 7. The van der Waals surface area contributed by atoms with Crippen molar-refractivity contribution in [3.05, 3.63) is 24.4 Å². The third-order valence-corrected chi connectivity index (χ3v) is 5.43. The molecule has 0 radical (unpaired) electrons. The van der Waals surface area contributed by atoms with Gasteiger partial charge >= 0.3 is 0 Å². The molecule has 0 aliphatic carbocycles. The van der Waals surface area contributed by atoms with Gasteiger partial charge in [0.2, 0.25) is 0 Å². The van der Waals surface area contributed by atoms with Gasteiger partial charge < -0.3 is 16.0 Å². The minimum atomic E-state index is -2.87. The first-order chi connectivity index (χ1) is 11.1. The number of pyridine rings is 1. The van der Waals surface area contributed by atoms with Crippen LogP contribution in [0.2, 0.25) is 0 Å². The predicted molar refractivity (Wildman–Crippen MR) is 93.5 cm³/mol. The zero-order valence-electron chi connectivity index (χ0n) is 13.5. The Kier molecular flexibility index (Phi) is 6.64. The van der Waals surface area contributed by atoms with Crippen molar-refractivity contribution >= 4 is 21.6 Å². The number of hydrogen-bond acceptors (Lipinski definition) is 5. The number of hydrogen-bond donors (Lipinski definition) is 3. The van der Waals surface area contributed by atoms with Crippen LogP contribution in [0.3, 0.4) is 0 Å². The number of guanidine groups is 1. The molecular formula is C15H25N5O2S. The van der Waals surface area contributed by atoms with Gasteiger partial charge in [-0.1, -0.05) is 6.07 Å². The molecule has 0 spiro atoms. The Labute approximate surface area is 137 Å². The molecule has 0 saturated carbocycles. The molecule has 3 N–H and O–H groups in total. The summed E-state index contributed by atoms with van der Waals surface area (Å²) >= 11 is 0. The molecule has 1 aromatic heterocycles. The van der Waals surface area contributed by atoms with E-state index in [1.807, 2.05) is 18.2 Å². The second kappa shape index (κ2) is 8.71. The Morgan fingerprint density at radius 3 is 2.83 bits per heavy atom. The molecule has 0 aromatic carbocycles. The lowest BCUT2D eigenvalue weighted by atomic mass is 10.3. The minimum absolute atomic E-state index is 0.0305. The van der Waals surface area contributed by atoms with E-state index < -0.39 is 9.84 Å². The van der Waals surface area contributed by atoms with E-state index in [4.69, 9.17) is 0 Å². The average molecular weight is 339 g/mol. The maximum atomic E-state index is 11.4. The summed E-state index contributed by atoms with van der Waals surface area (Å²) in [7, 11) is -1.17. The van der Waals surface area contributed by atoms with E-state index in [9.17, 15) is 8.42 Å². The molecular weight excluding hydrogens is 314 g/mol. The fourth-order valence-corrected chi connectivity index (χ4v) is 4.11. The number of aromatic nitrogens is 1. The van der Waals surface area contributed by atoms with Crippen LogP contribution in [0.5, 0.6) is 0 Å². The number of aliphatic imine (C=N–C) groups is 1. The van der Waals surface area contributed by atoms with Crippen molar-refractivity contribution in [1.82, 2.24) is 15.6 Å². The number of unbranched alkanes of at least 4 members (excludes halogenated alkanes) is 1. The highest BCUT2D eigenvalue weighted by Gasteiger charge is 2.28. The van der Waals surface area contributed by atoms with Crippen molar-refractivity contribution in [3.63, 3.8) is 0 Å². The summed E-state index contributed by atoms with van der Waals surface area (Å²) in [6, 6.07) is 5.76. The highest BCUT2D eigenvalue weighted by molar-refractivity contribution is 7.91. The van der Waals surface area contributed by atoms with Gasteiger partial charge in [0, 0.05) is 32.4 Å². The SMILES string of the molecule is CN=C(NCCCCNc1ccccn1)NC1CCS(=O)(=O)C1. The topological polar surface area (TPSA) is 95.5 Å². The summed E-state index contributed by atoms with van der Waals surface area (Å²) in [5, 5.41) is 9.66. The van der Waals surface area contributed by atoms with E-state index >= 15 is 0 Å². The van der Waals surface area contributed by atoms with Gasteiger partial charge in [-0.15, -0.1) is 0 Å². The lowest BCUT2D eigenvalue weighted by Gasteiger charge is -2.16. The Morgan fingerprint density at radius 1 is 1.35 bits per heavy atom. The predicted octanol–water partition coefficient (Wildman–Crippen LogP) is 0.626. The van der Waals surface area contributed by atoms with Crippen molar-refractivity contribution < 1.29 is 8.42 Å². The van der Waals surface area contributed by atoms with E-state index in [1.165, 1.54) is 0 Å². The Bertz CT molecular complexity index is 604. The first-order valence-electron chi connectivity index (χ1n) is 7.91. The quantitative estimate of drug-likeness (QED) is 0.383. The van der Waals surface area contributed by atoms with Crippen molar-refractivity contribution in [2.75, 3.05) is 37.0 Å². The molecule has 23 heavy (non-hydrogen) atoms. The smallest absolute Gasteiger partial charge is 0.191 e. The fourth-order valence-electron chi connectivity index (χ4n) is 2.44. The zero-order valence-corrected chi connectivity index (χ0v) is 14.3. The molecule has 1 unspecified atom stereocenters. The monoisotopic (exact) mass is 339 g/mol. The van der Waals surface area contributed by atoms with Gasteiger partial charge in [0.1, 0.15) is 5.82 Å². The second-order valence-electron chi connectivity index (χ2n) is 5.59. The highest BCUT2D eigenvalue weighted by atomic mass is 32.2. The molecule has 1 saturated heterocycles. The second-order valence-corrected chi connectivity index (χ2v) is 7.82. The van der Waals surface area contributed by atoms with Gasteiger partial charge in [-0.3, -0.25) is 4.99 Å². The van der Waals surface area contributed by atoms with Crippen molar-refractivity contribution in [2.24, 2.45) is 4.99 Å². The fraction of sp³-hybridized carbons (Fsp3) is 0.600. The molecule has 7 nitrogen and oxygen atoms in total. The standard InChI is InChI=1S/C15H25N5O2S/c1-16-15(20-13-7-11-23(21,22)12-13)19-10-5-4-9-18-14-6-2-3-8-17-14/h2-3,6,8,13H,4-5,7,9-12H2,1H3,(H,17,18)(H2,16,19,20). The maximum Gasteiger partial charge on any atom is 0.191 e. The molecule has 1 fully saturated rings. The van der Waals surface area contributed by atoms with Crippen LogP contribution in [0, 0.1) is 0 Å². The molecule has 1 aromatic rings. The average Bonchev–Trinajstić information content (AvgIpc) is 2.89. The first-order valence-corrected chi connectivity index (χ1v) is 9.74. The Hall–Kier alpha value is -1.83. The van der Waals surface area contributed by atoms with Crippen molar-refractivity contribution in [1.29, 1.82) is 0 Å². The first kappa shape index (κ1) is 17.5. The van der Waals surface area contributed by atoms with Crippen LogP contribution in [-0.2, 0) is 9.84 Å². The minimum Gasteiger partial charge on any atom is -0.370 e. The van der Waals surface area contributed by atoms with Gasteiger partial charge in [0.15, 0.2) is 15.8 Å². The van der Waals surface area contributed by atoms with E-state index in [-0.39, 0.29) is 17.5 Å². The summed E-state index contributed by atoms with van der Waals surface area (Å²) in [5.41, 5.74) is 0. The van der Waals surface area contributed by atoms with Gasteiger partial charge in [0.05, 0.1) is 11.5 Å². The van der Waals surface area contributed by atoms with Crippen LogP contribution >= 0.6 is 0 Å². The summed E-state index contributed by atoms with van der Waals surface area (Å²) < 4.78 is 22.9. The molecule has 1 aliphatic heterocycles. The number of nitrogens with one attached hydrogen (secondary N) is 3. The Balaban J connectivity index is 1.57. The molecule has 0 bridgehead atoms. The normalized spacial score (nSPS) is 20.2. The highest BCUT2D eigenvalue weighted by Crippen LogP contribution is 2.10. The summed E-state index contributed by atoms with van der Waals surface area (Å²) in [6.45, 7) is 1.66. The lowest BCUT2D eigenvalue weighted by Crippen LogP contribution is -2.44. The zero-order chi connectivity index (χ0) is 16.5. The van der Waals surface area contributed by atoms with E-state index in [0.29, 0.717) is 12.4 Å². The summed E-state index contributed by atoms with van der Waals surface area (Å²) in [5.74, 6) is 2.02. The van der Waals surface area contributed by atoms with Crippen molar-refractivity contribution in [2.45, 2.75) is 25.3 Å². The van der Waals surface area contributed by atoms with Crippen LogP contribution in [0.25, 0.3) is 0 Å². The summed E-state index contributed by atoms with van der Waals surface area (Å²) in [6.07, 6.45) is 4.42. The van der Waals surface area contributed by atoms with E-state index in [0.717, 1.165) is 31.7 Å². The van der Waals surface area contributed by atoms with E-state index in [1.54, 1.807) is 13.2 Å². The molecule has 1 aliphatic rings. The van der Waals surface area contributed by atoms with Crippen LogP contribution in [-0.4, -0.2) is 57.0 Å². The van der Waals surface area contributed by atoms with Crippen LogP contribution in [0.15, 0.2) is 29.4 Å². The van der Waals surface area contributed by atoms with Gasteiger partial charge in [-0.2, -0.15) is 0 Å². The number of nitrogens with zero attached hydrogens (tertiary/aromatic N) is 2. The number of anilines is 1. The van der Waals surface area contributed by atoms with Crippen LogP contribution < -0.4 is 16.0 Å². The molecule has 0 amide bonds. The third kappa shape index (κ3) is 6.43. The van der Waals surface area contributed by atoms with E-state index in [2.05, 4.69) is 25.9 Å². The van der Waals surface area contributed by atoms with Gasteiger partial charge in [-0.05, 0) is 31.4 Å². The van der Waals surface area contributed by atoms with Gasteiger partial charge in [0.25, 0.3) is 0 Å². The van der Waals surface area contributed by atoms with Gasteiger partial charge in [-0.25, -0.2) is 13.4 Å². The van der Waals surface area contributed by atoms with Crippen molar-refractivity contribution in [3.8, 4) is 0 Å². The maximum absolute atomic E-state index is 11.4. The molecule has 2 heterocycles. The largest absolute Gasteiger partial charge is 0.370 e.